The van der Waals surface area contributed by atoms with Crippen LogP contribution in [0.15, 0.2) is 47.9 Å². The van der Waals surface area contributed by atoms with Crippen LogP contribution in [-0.4, -0.2) is 47.6 Å². The van der Waals surface area contributed by atoms with Gasteiger partial charge in [0.25, 0.3) is 6.47 Å². The molecular formula is C33H42BBrF4Na2O11. The molecule has 0 saturated carbocycles. The molecule has 3 heterocycles. The summed E-state index contributed by atoms with van der Waals surface area (Å²) in [5.41, 5.74) is 0.719. The molecule has 5 rings (SSSR count). The average Bonchev–Trinajstić information content (AvgIpc) is 3.60. The number of hydrogen-bond acceptors (Lipinski definition) is 11. The van der Waals surface area contributed by atoms with E-state index in [2.05, 4.69) is 52.9 Å². The second-order valence-corrected chi connectivity index (χ2v) is 12.7. The van der Waals surface area contributed by atoms with Crippen LogP contribution in [0.4, 0.5) is 17.6 Å². The minimum Gasteiger partial charge on any atom is -1.00 e. The standard InChI is InChI=1S/C13H14F2O3.C11H11BrF2O3.C8H15BO2.CH2O3.2Na.H/c1-3-5-9(16)11-8(4-2)6-7-10-12(11)18-13(14,15)17-10;1-2-3-7(15)9-6(12)4-5-8-10(9)17-11(13,14)16-8;1-6-9-10-7(2,3)8(4,5)11-9;2-1-4-3;;;/h4,6-7,9,16H,2-3,5H2,1H3;4-5,7,15H,2-3H2,1H3;6H,1H2,2-5H3;1,3H;;;/q;;;;2*+1;-1/p-1. The Morgan fingerprint density at radius 1 is 0.846 bits per heavy atom. The summed E-state index contributed by atoms with van der Waals surface area (Å²) in [6.07, 6.45) is -5.22. The summed E-state index contributed by atoms with van der Waals surface area (Å²) in [5.74, 6) is 1.37. The number of aliphatic hydroxyl groups excluding tert-OH is 2. The molecule has 2 N–H and O–H groups in total. The molecule has 19 heteroatoms. The minimum absolute atomic E-state index is 0. The second-order valence-electron chi connectivity index (χ2n) is 11.9. The van der Waals surface area contributed by atoms with Crippen LogP contribution in [0.1, 0.15) is 97.6 Å². The molecule has 1 saturated heterocycles. The van der Waals surface area contributed by atoms with Gasteiger partial charge in [-0.2, -0.15) is 0 Å². The SMILES string of the molecule is C=CB1OC(C)(C)C(C)(C)O1.C=Cc1ccc2c(c1C(O)CCC)OC(F)(F)O2.CCCC(O)c1c(Br)ccc2c1OC(F)(F)O2.O=CO[O-].[H-].[Na+].[Na+]. The Morgan fingerprint density at radius 3 is 1.62 bits per heavy atom. The van der Waals surface area contributed by atoms with Crippen molar-refractivity contribution in [2.75, 3.05) is 0 Å². The smallest absolute Gasteiger partial charge is 1.00 e. The van der Waals surface area contributed by atoms with E-state index in [1.54, 1.807) is 18.1 Å². The van der Waals surface area contributed by atoms with Crippen LogP contribution >= 0.6 is 15.9 Å². The third-order valence-corrected chi connectivity index (χ3v) is 8.41. The molecule has 0 bridgehead atoms. The van der Waals surface area contributed by atoms with Crippen LogP contribution < -0.4 is 83.3 Å². The van der Waals surface area contributed by atoms with Crippen molar-refractivity contribution in [2.24, 2.45) is 0 Å². The number of alkyl halides is 4. The molecule has 0 spiro atoms. The van der Waals surface area contributed by atoms with E-state index in [1.165, 1.54) is 18.2 Å². The molecule has 280 valence electrons. The van der Waals surface area contributed by atoms with Gasteiger partial charge in [-0.05, 0) is 64.3 Å². The Morgan fingerprint density at radius 2 is 1.25 bits per heavy atom. The molecule has 11 nitrogen and oxygen atoms in total. The van der Waals surface area contributed by atoms with Gasteiger partial charge in [0, 0.05) is 15.6 Å². The zero-order valence-corrected chi connectivity index (χ0v) is 36.1. The van der Waals surface area contributed by atoms with Gasteiger partial charge < -0.3 is 50.0 Å². The van der Waals surface area contributed by atoms with Crippen LogP contribution in [0.3, 0.4) is 0 Å². The number of benzene rings is 2. The molecule has 0 amide bonds. The summed E-state index contributed by atoms with van der Waals surface area (Å²) in [5, 5.41) is 28.4. The molecule has 3 aliphatic rings. The first-order valence-corrected chi connectivity index (χ1v) is 16.2. The zero-order valence-electron chi connectivity index (χ0n) is 31.5. The van der Waals surface area contributed by atoms with Crippen LogP contribution in [0, 0.1) is 0 Å². The third-order valence-electron chi connectivity index (χ3n) is 7.71. The number of halogens is 5. The van der Waals surface area contributed by atoms with E-state index in [0.29, 0.717) is 34.0 Å². The number of carbonyl (C=O) groups excluding carboxylic acids is 1. The normalized spacial score (nSPS) is 18.2. The van der Waals surface area contributed by atoms with E-state index in [9.17, 15) is 27.8 Å². The maximum Gasteiger partial charge on any atom is 1.00 e. The van der Waals surface area contributed by atoms with Crippen molar-refractivity contribution in [1.29, 1.82) is 0 Å². The molecule has 2 aromatic carbocycles. The van der Waals surface area contributed by atoms with E-state index < -0.39 is 24.8 Å². The molecule has 52 heavy (non-hydrogen) atoms. The maximum absolute atomic E-state index is 13.0. The van der Waals surface area contributed by atoms with E-state index in [4.69, 9.17) is 19.4 Å². The first-order chi connectivity index (χ1) is 23.2. The number of rotatable bonds is 9. The van der Waals surface area contributed by atoms with Gasteiger partial charge in [-0.25, -0.2) is 0 Å². The summed E-state index contributed by atoms with van der Waals surface area (Å²) >= 11 is 3.22. The molecule has 3 aliphatic heterocycles. The van der Waals surface area contributed by atoms with E-state index in [-0.39, 0.29) is 108 Å². The zero-order chi connectivity index (χ0) is 38.1. The monoisotopic (exact) mass is 826 g/mol. The molecule has 0 aliphatic carbocycles. The van der Waals surface area contributed by atoms with Gasteiger partial charge in [-0.3, -0.25) is 4.79 Å². The van der Waals surface area contributed by atoms with E-state index in [1.807, 2.05) is 41.5 Å². The first-order valence-electron chi connectivity index (χ1n) is 15.4. The molecule has 2 atom stereocenters. The van der Waals surface area contributed by atoms with E-state index >= 15 is 0 Å². The summed E-state index contributed by atoms with van der Waals surface area (Å²) in [7, 11) is -0.250. The second kappa shape index (κ2) is 21.7. The summed E-state index contributed by atoms with van der Waals surface area (Å²) < 4.78 is 81.3. The summed E-state index contributed by atoms with van der Waals surface area (Å²) in [4.78, 5) is 11.2. The Bertz CT molecular complexity index is 1480. The predicted molar refractivity (Wildman–Crippen MR) is 177 cm³/mol. The van der Waals surface area contributed by atoms with Crippen molar-refractivity contribution < 1.29 is 132 Å². The van der Waals surface area contributed by atoms with Gasteiger partial charge in [-0.15, -0.1) is 24.1 Å². The van der Waals surface area contributed by atoms with Crippen LogP contribution in [0.2, 0.25) is 0 Å². The van der Waals surface area contributed by atoms with Crippen molar-refractivity contribution in [3.63, 3.8) is 0 Å². The Hall–Kier alpha value is -1.35. The van der Waals surface area contributed by atoms with Crippen LogP contribution in [0.25, 0.3) is 6.08 Å². The topological polar surface area (TPSA) is 145 Å². The Balaban J connectivity index is 0. The first kappa shape index (κ1) is 50.7. The van der Waals surface area contributed by atoms with E-state index in [0.717, 1.165) is 12.8 Å². The number of ether oxygens (including phenoxy) is 4. The fraction of sp³-hybridized carbons (Fsp3) is 0.485. The summed E-state index contributed by atoms with van der Waals surface area (Å²) in [6, 6.07) is 5.89. The molecule has 2 aromatic rings. The van der Waals surface area contributed by atoms with Gasteiger partial charge in [0.1, 0.15) is 0 Å². The number of hydrogen-bond donors (Lipinski definition) is 2. The summed E-state index contributed by atoms with van der Waals surface area (Å²) in [6.45, 7) is 18.9. The predicted octanol–water partition coefficient (Wildman–Crippen LogP) is 1.45. The molecular weight excluding hydrogens is 785 g/mol. The van der Waals surface area contributed by atoms with Crippen LogP contribution in [0.5, 0.6) is 23.0 Å². The molecule has 0 radical (unpaired) electrons. The average molecular weight is 827 g/mol. The fourth-order valence-electron chi connectivity index (χ4n) is 4.71. The van der Waals surface area contributed by atoms with Crippen molar-refractivity contribution in [2.45, 2.75) is 103 Å². The van der Waals surface area contributed by atoms with Gasteiger partial charge in [0.2, 0.25) is 0 Å². The number of fused-ring (bicyclic) bond motifs is 2. The van der Waals surface area contributed by atoms with Crippen molar-refractivity contribution in [3.05, 3.63) is 64.6 Å². The van der Waals surface area contributed by atoms with Crippen molar-refractivity contribution in [1.82, 2.24) is 0 Å². The number of carbonyl (C=O) groups is 1. The van der Waals surface area contributed by atoms with Gasteiger partial charge in [0.05, 0.1) is 23.4 Å². The minimum atomic E-state index is -3.68. The maximum atomic E-state index is 13.0. The van der Waals surface area contributed by atoms with Gasteiger partial charge >= 0.3 is 78.8 Å². The Kier molecular flexibility index (Phi) is 21.1. The van der Waals surface area contributed by atoms with Crippen LogP contribution in [-0.2, 0) is 19.0 Å². The van der Waals surface area contributed by atoms with Gasteiger partial charge in [0.15, 0.2) is 23.0 Å². The molecule has 2 unspecified atom stereocenters. The quantitative estimate of drug-likeness (QED) is 0.125. The largest absolute Gasteiger partial charge is 1.00 e. The molecule has 0 aromatic heterocycles. The van der Waals surface area contributed by atoms with Gasteiger partial charge in [-0.1, -0.05) is 67.3 Å². The number of aliphatic hydroxyl groups is 2. The fourth-order valence-corrected chi connectivity index (χ4v) is 5.29. The van der Waals surface area contributed by atoms with Crippen molar-refractivity contribution >= 4 is 35.6 Å². The Labute approximate surface area is 355 Å². The van der Waals surface area contributed by atoms with Crippen molar-refractivity contribution in [3.8, 4) is 23.0 Å². The third kappa shape index (κ3) is 13.4. The molecule has 1 fully saturated rings.